The predicted molar refractivity (Wildman–Crippen MR) is 77.8 cm³/mol. The molecule has 0 spiro atoms. The highest BCUT2D eigenvalue weighted by molar-refractivity contribution is 6.09. The van der Waals surface area contributed by atoms with Crippen LogP contribution in [0.2, 0.25) is 0 Å². The van der Waals surface area contributed by atoms with Gasteiger partial charge in [0.1, 0.15) is 0 Å². The van der Waals surface area contributed by atoms with Gasteiger partial charge in [0.05, 0.1) is 5.69 Å². The summed E-state index contributed by atoms with van der Waals surface area (Å²) in [5, 5.41) is 7.85. The molecule has 1 saturated carbocycles. The van der Waals surface area contributed by atoms with Crippen LogP contribution in [-0.4, -0.2) is 23.4 Å². The van der Waals surface area contributed by atoms with Gasteiger partial charge in [0, 0.05) is 18.4 Å². The molecule has 0 saturated heterocycles. The molecule has 5 heteroatoms. The van der Waals surface area contributed by atoms with Crippen molar-refractivity contribution in [3.05, 3.63) is 29.8 Å². The Balaban J connectivity index is 2.12. The van der Waals surface area contributed by atoms with Gasteiger partial charge in [-0.1, -0.05) is 13.8 Å². The molecule has 5 nitrogen and oxygen atoms in total. The van der Waals surface area contributed by atoms with Gasteiger partial charge in [0.2, 0.25) is 0 Å². The van der Waals surface area contributed by atoms with Gasteiger partial charge in [-0.2, -0.15) is 10.2 Å². The summed E-state index contributed by atoms with van der Waals surface area (Å²) in [6.45, 7) is 5.28. The average Bonchev–Trinajstić information content (AvgIpc) is 2.36. The molecule has 0 radical (unpaired) electrons. The zero-order chi connectivity index (χ0) is 15.6. The quantitative estimate of drug-likeness (QED) is 0.486. The Kier molecular flexibility index (Phi) is 4.11. The lowest BCUT2D eigenvalue weighted by Gasteiger charge is -2.29. The van der Waals surface area contributed by atoms with E-state index in [2.05, 4.69) is 10.2 Å². The maximum absolute atomic E-state index is 12.0. The molecule has 0 N–H and O–H groups in total. The first-order chi connectivity index (χ1) is 9.78. The van der Waals surface area contributed by atoms with Crippen LogP contribution >= 0.6 is 0 Å². The number of carbonyl (C=O) groups excluding carboxylic acids is 3. The normalized spacial score (nSPS) is 19.2. The van der Waals surface area contributed by atoms with Crippen molar-refractivity contribution in [3.63, 3.8) is 0 Å². The first-order valence-corrected chi connectivity index (χ1v) is 6.86. The lowest BCUT2D eigenvalue weighted by Crippen LogP contribution is -2.40. The summed E-state index contributed by atoms with van der Waals surface area (Å²) in [5.74, 6) is -0.390. The lowest BCUT2D eigenvalue weighted by molar-refractivity contribution is -0.135. The topological polar surface area (TPSA) is 75.9 Å². The van der Waals surface area contributed by atoms with Crippen LogP contribution in [0.5, 0.6) is 0 Å². The van der Waals surface area contributed by atoms with E-state index in [-0.39, 0.29) is 22.8 Å². The van der Waals surface area contributed by atoms with Crippen molar-refractivity contribution in [1.82, 2.24) is 0 Å². The van der Waals surface area contributed by atoms with Crippen LogP contribution in [0, 0.1) is 5.41 Å². The number of Topliss-reactive ketones (excluding diaryl/α,β-unsaturated/α-hetero) is 3. The summed E-state index contributed by atoms with van der Waals surface area (Å²) < 4.78 is 0. The zero-order valence-electron chi connectivity index (χ0n) is 12.4. The second-order valence-electron chi connectivity index (χ2n) is 6.17. The van der Waals surface area contributed by atoms with E-state index < -0.39 is 6.04 Å². The molecular weight excluding hydrogens is 268 g/mol. The van der Waals surface area contributed by atoms with E-state index in [0.29, 0.717) is 24.1 Å². The Morgan fingerprint density at radius 2 is 1.62 bits per heavy atom. The van der Waals surface area contributed by atoms with Crippen LogP contribution < -0.4 is 0 Å². The Labute approximate surface area is 123 Å². The molecule has 1 aliphatic carbocycles. The van der Waals surface area contributed by atoms with Crippen LogP contribution in [-0.2, 0) is 9.59 Å². The third-order valence-corrected chi connectivity index (χ3v) is 3.48. The van der Waals surface area contributed by atoms with Gasteiger partial charge < -0.3 is 0 Å². The van der Waals surface area contributed by atoms with Gasteiger partial charge >= 0.3 is 0 Å². The Bertz CT molecular complexity index is 595. The van der Waals surface area contributed by atoms with E-state index in [9.17, 15) is 14.4 Å². The Morgan fingerprint density at radius 3 is 2.10 bits per heavy atom. The minimum Gasteiger partial charge on any atom is -0.297 e. The maximum Gasteiger partial charge on any atom is 0.187 e. The highest BCUT2D eigenvalue weighted by Gasteiger charge is 2.39. The van der Waals surface area contributed by atoms with Crippen LogP contribution in [0.3, 0.4) is 0 Å². The van der Waals surface area contributed by atoms with Crippen molar-refractivity contribution in [2.75, 3.05) is 0 Å². The number of ketones is 3. The van der Waals surface area contributed by atoms with Crippen LogP contribution in [0.15, 0.2) is 34.5 Å². The summed E-state index contributed by atoms with van der Waals surface area (Å²) in [4.78, 5) is 35.1. The number of rotatable bonds is 3. The molecular formula is C16H18N2O3. The number of nitrogens with zero attached hydrogens (tertiary/aromatic N) is 2. The van der Waals surface area contributed by atoms with Crippen LogP contribution in [0.25, 0.3) is 0 Å². The molecule has 21 heavy (non-hydrogen) atoms. The van der Waals surface area contributed by atoms with Gasteiger partial charge in [-0.15, -0.1) is 0 Å². The number of benzene rings is 1. The summed E-state index contributed by atoms with van der Waals surface area (Å²) in [5.41, 5.74) is 0.814. The van der Waals surface area contributed by atoms with Crippen molar-refractivity contribution in [2.45, 2.75) is 39.7 Å². The second kappa shape index (κ2) is 5.68. The molecule has 0 heterocycles. The fourth-order valence-electron chi connectivity index (χ4n) is 2.39. The fraction of sp³-hybridized carbons (Fsp3) is 0.438. The molecule has 1 aromatic rings. The SMILES string of the molecule is CC(=O)c1ccc(N=NC2C(=O)CC(C)(C)CC2=O)cc1. The molecule has 1 fully saturated rings. The summed E-state index contributed by atoms with van der Waals surface area (Å²) in [6, 6.07) is 5.59. The van der Waals surface area contributed by atoms with Crippen molar-refractivity contribution < 1.29 is 14.4 Å². The maximum atomic E-state index is 12.0. The molecule has 1 aromatic carbocycles. The zero-order valence-corrected chi connectivity index (χ0v) is 12.4. The van der Waals surface area contributed by atoms with E-state index in [1.165, 1.54) is 6.92 Å². The molecule has 0 aromatic heterocycles. The van der Waals surface area contributed by atoms with Gasteiger partial charge in [-0.05, 0) is 36.6 Å². The molecule has 1 aliphatic rings. The first-order valence-electron chi connectivity index (χ1n) is 6.86. The van der Waals surface area contributed by atoms with Crippen molar-refractivity contribution >= 4 is 23.0 Å². The van der Waals surface area contributed by atoms with E-state index in [1.807, 2.05) is 13.8 Å². The summed E-state index contributed by atoms with van der Waals surface area (Å²) >= 11 is 0. The van der Waals surface area contributed by atoms with Gasteiger partial charge in [-0.25, -0.2) is 0 Å². The van der Waals surface area contributed by atoms with Crippen molar-refractivity contribution in [1.29, 1.82) is 0 Å². The molecule has 110 valence electrons. The molecule has 2 rings (SSSR count). The van der Waals surface area contributed by atoms with Crippen LogP contribution in [0.4, 0.5) is 5.69 Å². The Hall–Kier alpha value is -2.17. The highest BCUT2D eigenvalue weighted by Crippen LogP contribution is 2.32. The molecule has 0 amide bonds. The number of hydrogen-bond donors (Lipinski definition) is 0. The van der Waals surface area contributed by atoms with Gasteiger partial charge in [0.25, 0.3) is 0 Å². The predicted octanol–water partition coefficient (Wildman–Crippen LogP) is 3.30. The van der Waals surface area contributed by atoms with Crippen molar-refractivity contribution in [2.24, 2.45) is 15.6 Å². The minimum absolute atomic E-state index is 0.0293. The van der Waals surface area contributed by atoms with Gasteiger partial charge in [-0.3, -0.25) is 14.4 Å². The van der Waals surface area contributed by atoms with Crippen molar-refractivity contribution in [3.8, 4) is 0 Å². The fourth-order valence-corrected chi connectivity index (χ4v) is 2.39. The number of hydrogen-bond acceptors (Lipinski definition) is 5. The number of carbonyl (C=O) groups is 3. The smallest absolute Gasteiger partial charge is 0.187 e. The molecule has 0 aliphatic heterocycles. The van der Waals surface area contributed by atoms with E-state index in [4.69, 9.17) is 0 Å². The molecule has 0 unspecified atom stereocenters. The van der Waals surface area contributed by atoms with E-state index >= 15 is 0 Å². The average molecular weight is 286 g/mol. The lowest BCUT2D eigenvalue weighted by atomic mass is 9.74. The standard InChI is InChI=1S/C16H18N2O3/c1-10(19)11-4-6-12(7-5-11)17-18-15-13(20)8-16(2,3)9-14(15)21/h4-7,15H,8-9H2,1-3H3. The second-order valence-corrected chi connectivity index (χ2v) is 6.17. The summed E-state index contributed by atoms with van der Waals surface area (Å²) in [7, 11) is 0. The monoisotopic (exact) mass is 286 g/mol. The minimum atomic E-state index is -0.981. The largest absolute Gasteiger partial charge is 0.297 e. The number of azo groups is 1. The van der Waals surface area contributed by atoms with E-state index in [0.717, 1.165) is 0 Å². The molecule has 0 atom stereocenters. The van der Waals surface area contributed by atoms with Gasteiger partial charge in [0.15, 0.2) is 23.4 Å². The third kappa shape index (κ3) is 3.68. The summed E-state index contributed by atoms with van der Waals surface area (Å²) in [6.07, 6.45) is 0.678. The molecule has 0 bridgehead atoms. The first kappa shape index (κ1) is 15.2. The van der Waals surface area contributed by atoms with E-state index in [1.54, 1.807) is 24.3 Å². The highest BCUT2D eigenvalue weighted by atomic mass is 16.2. The van der Waals surface area contributed by atoms with Crippen LogP contribution in [0.1, 0.15) is 44.0 Å². The third-order valence-electron chi connectivity index (χ3n) is 3.48. The Morgan fingerprint density at radius 1 is 1.10 bits per heavy atom.